The molecule has 0 amide bonds. The molecule has 1 aliphatic heterocycles. The molecule has 1 atom stereocenters. The van der Waals surface area contributed by atoms with Crippen LogP contribution < -0.4 is 5.32 Å². The van der Waals surface area contributed by atoms with E-state index in [0.29, 0.717) is 0 Å². The van der Waals surface area contributed by atoms with Gasteiger partial charge < -0.3 is 15.6 Å². The smallest absolute Gasteiger partial charge is 0.139 e. The van der Waals surface area contributed by atoms with Gasteiger partial charge in [-0.25, -0.2) is 0 Å². The Kier molecular flexibility index (Phi) is 2.92. The second kappa shape index (κ2) is 3.75. The van der Waals surface area contributed by atoms with Crippen LogP contribution in [0.5, 0.6) is 0 Å². The summed E-state index contributed by atoms with van der Waals surface area (Å²) in [6.07, 6.45) is 7.23. The third kappa shape index (κ3) is 1.95. The number of halogens is 1. The van der Waals surface area contributed by atoms with Crippen molar-refractivity contribution in [2.75, 3.05) is 0 Å². The largest absolute Gasteiger partial charge is 0.354 e. The summed E-state index contributed by atoms with van der Waals surface area (Å²) in [6.45, 7) is 1.96. The van der Waals surface area contributed by atoms with Crippen LogP contribution in [0.15, 0.2) is 22.2 Å². The average Bonchev–Trinajstić information content (AvgIpc) is 2.32. The van der Waals surface area contributed by atoms with Gasteiger partial charge in [-0.1, -0.05) is 6.08 Å². The van der Waals surface area contributed by atoms with E-state index in [2.05, 4.69) is 27.9 Å². The van der Waals surface area contributed by atoms with Crippen molar-refractivity contribution in [2.45, 2.75) is 13.1 Å². The molecule has 4 heteroatoms. The highest BCUT2D eigenvalue weighted by Crippen LogP contribution is 2.14. The van der Waals surface area contributed by atoms with Gasteiger partial charge in [0.1, 0.15) is 6.17 Å². The lowest BCUT2D eigenvalue weighted by molar-refractivity contribution is 0.459. The van der Waals surface area contributed by atoms with Crippen LogP contribution in [0.3, 0.4) is 0 Å². The van der Waals surface area contributed by atoms with Crippen LogP contribution in [0.25, 0.3) is 0 Å². The summed E-state index contributed by atoms with van der Waals surface area (Å²) in [5, 5.41) is 10.2. The average molecular weight is 263 g/mol. The van der Waals surface area contributed by atoms with Crippen molar-refractivity contribution in [3.05, 3.63) is 22.2 Å². The fourth-order valence-electron chi connectivity index (χ4n) is 0.900. The van der Waals surface area contributed by atoms with Crippen molar-refractivity contribution < 1.29 is 0 Å². The molecule has 0 spiro atoms. The maximum Gasteiger partial charge on any atom is 0.139 e. The third-order valence-corrected chi connectivity index (χ3v) is 1.94. The van der Waals surface area contributed by atoms with Gasteiger partial charge in [0.25, 0.3) is 0 Å². The number of nitrogens with one attached hydrogen (secondary N) is 2. The molecule has 0 aromatic rings. The van der Waals surface area contributed by atoms with Gasteiger partial charge in [0.15, 0.2) is 0 Å². The summed E-state index contributed by atoms with van der Waals surface area (Å²) in [4.78, 5) is 1.95. The van der Waals surface area contributed by atoms with Gasteiger partial charge in [-0.3, -0.25) is 0 Å². The fourth-order valence-corrected chi connectivity index (χ4v) is 1.54. The minimum absolute atomic E-state index is 0.00176. The van der Waals surface area contributed by atoms with E-state index < -0.39 is 0 Å². The molecule has 0 bridgehead atoms. The van der Waals surface area contributed by atoms with Gasteiger partial charge in [0, 0.05) is 18.6 Å². The zero-order valence-electron chi connectivity index (χ0n) is 6.21. The lowest BCUT2D eigenvalue weighted by Crippen LogP contribution is -2.33. The monoisotopic (exact) mass is 263 g/mol. The SMILES string of the molecule is C/C=C\N1C=C(I)NC1C=N. The predicted molar refractivity (Wildman–Crippen MR) is 54.5 cm³/mol. The quantitative estimate of drug-likeness (QED) is 0.451. The van der Waals surface area contributed by atoms with Crippen LogP contribution in [-0.4, -0.2) is 17.3 Å². The molecule has 2 N–H and O–H groups in total. The van der Waals surface area contributed by atoms with E-state index >= 15 is 0 Å². The first-order valence-corrected chi connectivity index (χ1v) is 4.40. The van der Waals surface area contributed by atoms with Gasteiger partial charge in [0.05, 0.1) is 3.70 Å². The van der Waals surface area contributed by atoms with Crippen molar-refractivity contribution in [2.24, 2.45) is 0 Å². The summed E-state index contributed by atoms with van der Waals surface area (Å²) < 4.78 is 1.06. The molecule has 1 aliphatic rings. The Bertz CT molecular complexity index is 210. The normalized spacial score (nSPS) is 23.6. The van der Waals surface area contributed by atoms with Gasteiger partial charge in [-0.2, -0.15) is 0 Å². The lowest BCUT2D eigenvalue weighted by atomic mass is 10.5. The number of allylic oxidation sites excluding steroid dienone is 1. The molecule has 1 unspecified atom stereocenters. The first-order valence-electron chi connectivity index (χ1n) is 3.32. The van der Waals surface area contributed by atoms with Gasteiger partial charge in [0.2, 0.25) is 0 Å². The molecule has 0 saturated heterocycles. The summed E-state index contributed by atoms with van der Waals surface area (Å²) in [5.74, 6) is 0. The third-order valence-electron chi connectivity index (χ3n) is 1.35. The van der Waals surface area contributed by atoms with E-state index in [1.54, 1.807) is 0 Å². The Morgan fingerprint density at radius 1 is 1.82 bits per heavy atom. The molecule has 1 heterocycles. The van der Waals surface area contributed by atoms with Crippen molar-refractivity contribution in [3.8, 4) is 0 Å². The molecule has 0 aliphatic carbocycles. The Morgan fingerprint density at radius 2 is 2.55 bits per heavy atom. The van der Waals surface area contributed by atoms with Crippen LogP contribution in [0, 0.1) is 5.41 Å². The molecule has 60 valence electrons. The van der Waals surface area contributed by atoms with Gasteiger partial charge >= 0.3 is 0 Å². The van der Waals surface area contributed by atoms with E-state index in [1.807, 2.05) is 30.3 Å². The van der Waals surface area contributed by atoms with Crippen LogP contribution >= 0.6 is 22.6 Å². The number of hydrogen-bond acceptors (Lipinski definition) is 3. The number of rotatable bonds is 2. The van der Waals surface area contributed by atoms with E-state index in [4.69, 9.17) is 5.41 Å². The highest BCUT2D eigenvalue weighted by molar-refractivity contribution is 14.1. The van der Waals surface area contributed by atoms with E-state index in [9.17, 15) is 0 Å². The second-order valence-corrected chi connectivity index (χ2v) is 3.32. The van der Waals surface area contributed by atoms with Crippen LogP contribution in [0.4, 0.5) is 0 Å². The minimum Gasteiger partial charge on any atom is -0.354 e. The summed E-state index contributed by atoms with van der Waals surface area (Å²) >= 11 is 2.20. The second-order valence-electron chi connectivity index (χ2n) is 2.16. The predicted octanol–water partition coefficient (Wildman–Crippen LogP) is 1.63. The van der Waals surface area contributed by atoms with Crippen molar-refractivity contribution in [1.29, 1.82) is 5.41 Å². The van der Waals surface area contributed by atoms with Gasteiger partial charge in [-0.05, 0) is 29.5 Å². The van der Waals surface area contributed by atoms with Crippen molar-refractivity contribution in [3.63, 3.8) is 0 Å². The molecule has 1 rings (SSSR count). The molecule has 11 heavy (non-hydrogen) atoms. The maximum absolute atomic E-state index is 7.10. The molecule has 0 fully saturated rings. The summed E-state index contributed by atoms with van der Waals surface area (Å²) in [6, 6.07) is 0. The standard InChI is InChI=1S/C7H10IN3/c1-2-3-11-5-6(8)10-7(11)4-9/h2-5,7,9-10H,1H3/b3-2-,9-4?. The molecular weight excluding hydrogens is 253 g/mol. The molecular formula is C7H10IN3. The molecule has 0 saturated carbocycles. The Morgan fingerprint density at radius 3 is 3.09 bits per heavy atom. The van der Waals surface area contributed by atoms with E-state index in [0.717, 1.165) is 3.70 Å². The lowest BCUT2D eigenvalue weighted by Gasteiger charge is -2.16. The van der Waals surface area contributed by atoms with Crippen molar-refractivity contribution >= 4 is 28.8 Å². The Labute approximate surface area is 79.8 Å². The molecule has 0 aromatic carbocycles. The number of nitrogens with zero attached hydrogens (tertiary/aromatic N) is 1. The molecule has 3 nitrogen and oxygen atoms in total. The van der Waals surface area contributed by atoms with E-state index in [-0.39, 0.29) is 6.17 Å². The molecule has 0 radical (unpaired) electrons. The fraction of sp³-hybridized carbons (Fsp3) is 0.286. The highest BCUT2D eigenvalue weighted by Gasteiger charge is 2.17. The van der Waals surface area contributed by atoms with E-state index in [1.165, 1.54) is 6.21 Å². The van der Waals surface area contributed by atoms with Crippen LogP contribution in [0.1, 0.15) is 6.92 Å². The number of hydrogen-bond donors (Lipinski definition) is 2. The summed E-state index contributed by atoms with van der Waals surface area (Å²) in [5.41, 5.74) is 0. The van der Waals surface area contributed by atoms with Gasteiger partial charge in [-0.15, -0.1) is 0 Å². The minimum atomic E-state index is -0.00176. The maximum atomic E-state index is 7.10. The first kappa shape index (κ1) is 8.58. The molecule has 0 aromatic heterocycles. The topological polar surface area (TPSA) is 39.1 Å². The zero-order valence-corrected chi connectivity index (χ0v) is 8.37. The Hall–Kier alpha value is -0.520. The summed E-state index contributed by atoms with van der Waals surface area (Å²) in [7, 11) is 0. The zero-order chi connectivity index (χ0) is 8.27. The first-order chi connectivity index (χ1) is 5.27. The Balaban J connectivity index is 2.68. The van der Waals surface area contributed by atoms with Crippen molar-refractivity contribution in [1.82, 2.24) is 10.2 Å². The van der Waals surface area contributed by atoms with Crippen LogP contribution in [-0.2, 0) is 0 Å². The van der Waals surface area contributed by atoms with Crippen LogP contribution in [0.2, 0.25) is 0 Å². The highest BCUT2D eigenvalue weighted by atomic mass is 127.